The number of nitro groups is 1. The first-order valence-corrected chi connectivity index (χ1v) is 6.40. The number of ether oxygens (including phenoxy) is 1. The molecule has 0 spiro atoms. The number of Topliss-reactive ketones (excluding diaryl/α,β-unsaturated/α-hetero) is 1. The zero-order chi connectivity index (χ0) is 14.3. The zero-order valence-corrected chi connectivity index (χ0v) is 11.3. The standard InChI is InChI=1S/C14H19NO4/c1-3-5-11(2)9-19-10-14(16)12-6-4-7-13(8-12)15(17)18/h4,6-8,11H,3,5,9-10H2,1-2H3. The van der Waals surface area contributed by atoms with Crippen LogP contribution in [0.4, 0.5) is 5.69 Å². The van der Waals surface area contributed by atoms with E-state index in [0.717, 1.165) is 12.8 Å². The van der Waals surface area contributed by atoms with Crippen LogP contribution in [-0.2, 0) is 4.74 Å². The fourth-order valence-electron chi connectivity index (χ4n) is 1.81. The molecule has 0 fully saturated rings. The highest BCUT2D eigenvalue weighted by Gasteiger charge is 2.12. The fourth-order valence-corrected chi connectivity index (χ4v) is 1.81. The molecule has 1 atom stereocenters. The van der Waals surface area contributed by atoms with Crippen molar-refractivity contribution in [1.29, 1.82) is 0 Å². The number of nitro benzene ring substituents is 1. The highest BCUT2D eigenvalue weighted by atomic mass is 16.6. The normalized spacial score (nSPS) is 12.1. The lowest BCUT2D eigenvalue weighted by Gasteiger charge is -2.10. The molecule has 0 heterocycles. The molecule has 1 aromatic rings. The molecule has 19 heavy (non-hydrogen) atoms. The predicted octanol–water partition coefficient (Wildman–Crippen LogP) is 3.23. The van der Waals surface area contributed by atoms with Gasteiger partial charge in [0, 0.05) is 24.3 Å². The van der Waals surface area contributed by atoms with Gasteiger partial charge in [0.1, 0.15) is 6.61 Å². The second kappa shape index (κ2) is 7.63. The monoisotopic (exact) mass is 265 g/mol. The van der Waals surface area contributed by atoms with Gasteiger partial charge in [-0.05, 0) is 12.3 Å². The van der Waals surface area contributed by atoms with Crippen molar-refractivity contribution in [1.82, 2.24) is 0 Å². The molecule has 0 bridgehead atoms. The van der Waals surface area contributed by atoms with Gasteiger partial charge in [-0.15, -0.1) is 0 Å². The van der Waals surface area contributed by atoms with E-state index in [1.54, 1.807) is 6.07 Å². The molecule has 0 aliphatic heterocycles. The summed E-state index contributed by atoms with van der Waals surface area (Å²) in [6.45, 7) is 4.68. The van der Waals surface area contributed by atoms with Gasteiger partial charge in [-0.3, -0.25) is 14.9 Å². The molecular weight excluding hydrogens is 246 g/mol. The highest BCUT2D eigenvalue weighted by Crippen LogP contribution is 2.14. The number of benzene rings is 1. The summed E-state index contributed by atoms with van der Waals surface area (Å²) in [5, 5.41) is 10.6. The Hall–Kier alpha value is -1.75. The Morgan fingerprint density at radius 1 is 1.47 bits per heavy atom. The molecular formula is C14H19NO4. The maximum Gasteiger partial charge on any atom is 0.270 e. The van der Waals surface area contributed by atoms with Gasteiger partial charge in [0.15, 0.2) is 5.78 Å². The highest BCUT2D eigenvalue weighted by molar-refractivity contribution is 5.97. The second-order valence-electron chi connectivity index (χ2n) is 4.64. The molecule has 0 saturated carbocycles. The van der Waals surface area contributed by atoms with Crippen LogP contribution in [0.15, 0.2) is 24.3 Å². The maximum atomic E-state index is 11.8. The lowest BCUT2D eigenvalue weighted by Crippen LogP contribution is -2.13. The Morgan fingerprint density at radius 3 is 2.84 bits per heavy atom. The molecule has 0 aliphatic rings. The lowest BCUT2D eigenvalue weighted by atomic mass is 10.1. The first-order chi connectivity index (χ1) is 9.04. The molecule has 5 nitrogen and oxygen atoms in total. The average Bonchev–Trinajstić information content (AvgIpc) is 2.39. The Morgan fingerprint density at radius 2 is 2.21 bits per heavy atom. The first-order valence-electron chi connectivity index (χ1n) is 6.40. The predicted molar refractivity (Wildman–Crippen MR) is 72.3 cm³/mol. The molecule has 0 radical (unpaired) electrons. The number of carbonyl (C=O) groups is 1. The van der Waals surface area contributed by atoms with Gasteiger partial charge in [0.25, 0.3) is 5.69 Å². The first kappa shape index (κ1) is 15.3. The minimum atomic E-state index is -0.513. The number of ketones is 1. The van der Waals surface area contributed by atoms with Crippen molar-refractivity contribution in [2.24, 2.45) is 5.92 Å². The summed E-state index contributed by atoms with van der Waals surface area (Å²) >= 11 is 0. The molecule has 0 saturated heterocycles. The van der Waals surface area contributed by atoms with Gasteiger partial charge in [0.2, 0.25) is 0 Å². The molecule has 0 N–H and O–H groups in total. The van der Waals surface area contributed by atoms with Crippen LogP contribution in [0.5, 0.6) is 0 Å². The Kier molecular flexibility index (Phi) is 6.15. The number of hydrogen-bond donors (Lipinski definition) is 0. The fraction of sp³-hybridized carbons (Fsp3) is 0.500. The van der Waals surface area contributed by atoms with Crippen LogP contribution >= 0.6 is 0 Å². The van der Waals surface area contributed by atoms with E-state index >= 15 is 0 Å². The average molecular weight is 265 g/mol. The molecule has 0 aromatic heterocycles. The van der Waals surface area contributed by atoms with E-state index < -0.39 is 4.92 Å². The van der Waals surface area contributed by atoms with Crippen molar-refractivity contribution in [3.63, 3.8) is 0 Å². The van der Waals surface area contributed by atoms with Gasteiger partial charge >= 0.3 is 0 Å². The number of nitrogens with zero attached hydrogens (tertiary/aromatic N) is 1. The van der Waals surface area contributed by atoms with Gasteiger partial charge in [0.05, 0.1) is 4.92 Å². The van der Waals surface area contributed by atoms with Gasteiger partial charge in [-0.25, -0.2) is 0 Å². The van der Waals surface area contributed by atoms with E-state index in [9.17, 15) is 14.9 Å². The van der Waals surface area contributed by atoms with Crippen LogP contribution in [0.3, 0.4) is 0 Å². The molecule has 1 aromatic carbocycles. The molecule has 5 heteroatoms. The Labute approximate surface area is 112 Å². The minimum absolute atomic E-state index is 0.0325. The summed E-state index contributed by atoms with van der Waals surface area (Å²) in [7, 11) is 0. The molecule has 1 rings (SSSR count). The van der Waals surface area contributed by atoms with Crippen LogP contribution in [0, 0.1) is 16.0 Å². The maximum absolute atomic E-state index is 11.8. The van der Waals surface area contributed by atoms with Crippen LogP contribution in [0.2, 0.25) is 0 Å². The van der Waals surface area contributed by atoms with E-state index in [-0.39, 0.29) is 18.1 Å². The van der Waals surface area contributed by atoms with Crippen molar-refractivity contribution in [2.75, 3.05) is 13.2 Å². The van der Waals surface area contributed by atoms with Crippen molar-refractivity contribution in [3.05, 3.63) is 39.9 Å². The van der Waals surface area contributed by atoms with Crippen LogP contribution in [0.25, 0.3) is 0 Å². The van der Waals surface area contributed by atoms with Gasteiger partial charge in [-0.1, -0.05) is 32.4 Å². The Bertz CT molecular complexity index is 445. The van der Waals surface area contributed by atoms with E-state index in [1.165, 1.54) is 18.2 Å². The van der Waals surface area contributed by atoms with E-state index in [2.05, 4.69) is 13.8 Å². The largest absolute Gasteiger partial charge is 0.373 e. The van der Waals surface area contributed by atoms with Crippen LogP contribution < -0.4 is 0 Å². The van der Waals surface area contributed by atoms with E-state index in [1.807, 2.05) is 0 Å². The van der Waals surface area contributed by atoms with Crippen molar-refractivity contribution in [2.45, 2.75) is 26.7 Å². The van der Waals surface area contributed by atoms with E-state index in [0.29, 0.717) is 18.1 Å². The van der Waals surface area contributed by atoms with Crippen molar-refractivity contribution >= 4 is 11.5 Å². The minimum Gasteiger partial charge on any atom is -0.373 e. The van der Waals surface area contributed by atoms with Crippen LogP contribution in [0.1, 0.15) is 37.0 Å². The third-order valence-corrected chi connectivity index (χ3v) is 2.80. The summed E-state index contributed by atoms with van der Waals surface area (Å²) in [4.78, 5) is 21.9. The summed E-state index contributed by atoms with van der Waals surface area (Å²) in [5.74, 6) is 0.190. The Balaban J connectivity index is 2.49. The summed E-state index contributed by atoms with van der Waals surface area (Å²) in [6, 6.07) is 5.71. The molecule has 0 aliphatic carbocycles. The lowest BCUT2D eigenvalue weighted by molar-refractivity contribution is -0.384. The summed E-state index contributed by atoms with van der Waals surface area (Å²) in [5.41, 5.74) is 0.238. The van der Waals surface area contributed by atoms with Gasteiger partial charge < -0.3 is 4.74 Å². The number of hydrogen-bond acceptors (Lipinski definition) is 4. The summed E-state index contributed by atoms with van der Waals surface area (Å²) in [6.07, 6.45) is 2.15. The molecule has 104 valence electrons. The van der Waals surface area contributed by atoms with Crippen LogP contribution in [-0.4, -0.2) is 23.9 Å². The smallest absolute Gasteiger partial charge is 0.270 e. The molecule has 0 amide bonds. The number of rotatable bonds is 8. The third-order valence-electron chi connectivity index (χ3n) is 2.80. The van der Waals surface area contributed by atoms with Crippen molar-refractivity contribution in [3.8, 4) is 0 Å². The topological polar surface area (TPSA) is 69.4 Å². The van der Waals surface area contributed by atoms with Crippen molar-refractivity contribution < 1.29 is 14.5 Å². The second-order valence-corrected chi connectivity index (χ2v) is 4.64. The SMILES string of the molecule is CCCC(C)COCC(=O)c1cccc([N+](=O)[O-])c1. The van der Waals surface area contributed by atoms with E-state index in [4.69, 9.17) is 4.74 Å². The number of non-ortho nitro benzene ring substituents is 1. The zero-order valence-electron chi connectivity index (χ0n) is 11.3. The number of carbonyl (C=O) groups excluding carboxylic acids is 1. The quantitative estimate of drug-likeness (QED) is 0.411. The summed E-state index contributed by atoms with van der Waals surface area (Å²) < 4.78 is 5.35. The molecule has 1 unspecified atom stereocenters. The third kappa shape index (κ3) is 5.18. The van der Waals surface area contributed by atoms with Gasteiger partial charge in [-0.2, -0.15) is 0 Å².